The van der Waals surface area contributed by atoms with E-state index in [1.54, 1.807) is 12.1 Å². The molecule has 2 aromatic heterocycles. The van der Waals surface area contributed by atoms with Crippen LogP contribution in [0.2, 0.25) is 5.02 Å². The Kier molecular flexibility index (Phi) is 4.68. The van der Waals surface area contributed by atoms with Crippen LogP contribution >= 0.6 is 22.9 Å². The van der Waals surface area contributed by atoms with E-state index in [4.69, 9.17) is 16.1 Å². The Morgan fingerprint density at radius 2 is 2.09 bits per heavy atom. The first-order chi connectivity index (χ1) is 11.1. The molecule has 0 spiro atoms. The van der Waals surface area contributed by atoms with Crippen molar-refractivity contribution in [1.29, 1.82) is 0 Å². The summed E-state index contributed by atoms with van der Waals surface area (Å²) in [6, 6.07) is 7.15. The molecule has 118 valence electrons. The third-order valence-corrected chi connectivity index (χ3v) is 4.13. The van der Waals surface area contributed by atoms with Gasteiger partial charge in [-0.25, -0.2) is 4.98 Å². The van der Waals surface area contributed by atoms with Crippen molar-refractivity contribution in [1.82, 2.24) is 15.1 Å². The van der Waals surface area contributed by atoms with Gasteiger partial charge in [-0.3, -0.25) is 4.79 Å². The average molecular weight is 349 g/mol. The van der Waals surface area contributed by atoms with Crippen LogP contribution in [0.5, 0.6) is 0 Å². The summed E-state index contributed by atoms with van der Waals surface area (Å²) in [7, 11) is 0. The molecular weight excluding hydrogens is 336 g/mol. The summed E-state index contributed by atoms with van der Waals surface area (Å²) in [5.74, 6) is 0.763. The zero-order chi connectivity index (χ0) is 16.2. The van der Waals surface area contributed by atoms with Crippen molar-refractivity contribution < 1.29 is 9.32 Å². The van der Waals surface area contributed by atoms with Crippen LogP contribution in [0.4, 0.5) is 5.13 Å². The monoisotopic (exact) mass is 348 g/mol. The van der Waals surface area contributed by atoms with Gasteiger partial charge in [0.05, 0.1) is 5.69 Å². The molecule has 0 saturated heterocycles. The zero-order valence-electron chi connectivity index (χ0n) is 12.2. The molecule has 0 fully saturated rings. The van der Waals surface area contributed by atoms with Crippen molar-refractivity contribution in [3.63, 3.8) is 0 Å². The molecule has 6 nitrogen and oxygen atoms in total. The second-order valence-corrected chi connectivity index (χ2v) is 6.16. The number of hydrogen-bond donors (Lipinski definition) is 1. The number of nitrogens with zero attached hydrogens (tertiary/aromatic N) is 3. The van der Waals surface area contributed by atoms with Crippen LogP contribution in [0, 0.1) is 6.92 Å². The molecule has 23 heavy (non-hydrogen) atoms. The lowest BCUT2D eigenvalue weighted by Crippen LogP contribution is -2.12. The van der Waals surface area contributed by atoms with Gasteiger partial charge in [0.1, 0.15) is 0 Å². The second-order valence-electron chi connectivity index (χ2n) is 4.86. The van der Waals surface area contributed by atoms with Gasteiger partial charge in [0.2, 0.25) is 17.6 Å². The molecule has 1 N–H and O–H groups in total. The number of carbonyl (C=O) groups is 1. The summed E-state index contributed by atoms with van der Waals surface area (Å²) in [6.07, 6.45) is 0.623. The highest BCUT2D eigenvalue weighted by Gasteiger charge is 2.11. The topological polar surface area (TPSA) is 80.9 Å². The number of aromatic nitrogens is 3. The minimum absolute atomic E-state index is 0.134. The van der Waals surface area contributed by atoms with E-state index in [2.05, 4.69) is 20.4 Å². The van der Waals surface area contributed by atoms with Gasteiger partial charge in [-0.2, -0.15) is 4.98 Å². The number of thiazole rings is 1. The maximum absolute atomic E-state index is 11.9. The maximum Gasteiger partial charge on any atom is 0.227 e. The quantitative estimate of drug-likeness (QED) is 0.759. The second kappa shape index (κ2) is 6.89. The minimum atomic E-state index is -0.134. The maximum atomic E-state index is 11.9. The number of amides is 1. The normalized spacial score (nSPS) is 10.7. The van der Waals surface area contributed by atoms with Crippen LogP contribution in [-0.4, -0.2) is 21.0 Å². The molecule has 1 amide bonds. The highest BCUT2D eigenvalue weighted by Crippen LogP contribution is 2.19. The number of benzene rings is 1. The first-order valence-electron chi connectivity index (χ1n) is 6.90. The van der Waals surface area contributed by atoms with Gasteiger partial charge < -0.3 is 9.84 Å². The lowest BCUT2D eigenvalue weighted by Gasteiger charge is -1.98. The van der Waals surface area contributed by atoms with Crippen molar-refractivity contribution in [3.8, 4) is 11.4 Å². The van der Waals surface area contributed by atoms with Crippen LogP contribution in [-0.2, 0) is 11.2 Å². The third-order valence-electron chi connectivity index (χ3n) is 3.00. The van der Waals surface area contributed by atoms with E-state index in [1.165, 1.54) is 11.3 Å². The smallest absolute Gasteiger partial charge is 0.227 e. The van der Waals surface area contributed by atoms with E-state index in [-0.39, 0.29) is 12.3 Å². The fraction of sp³-hybridized carbons (Fsp3) is 0.200. The summed E-state index contributed by atoms with van der Waals surface area (Å²) in [4.78, 5) is 20.3. The standard InChI is InChI=1S/C15H13ClN4O2S/c1-9-8-23-15(17-9)18-12(21)6-7-13-19-14(20-22-13)10-2-4-11(16)5-3-10/h2-5,8H,6-7H2,1H3,(H,17,18,21). The molecule has 8 heteroatoms. The lowest BCUT2D eigenvalue weighted by atomic mass is 10.2. The zero-order valence-corrected chi connectivity index (χ0v) is 13.8. The Morgan fingerprint density at radius 1 is 1.30 bits per heavy atom. The summed E-state index contributed by atoms with van der Waals surface area (Å²) in [5.41, 5.74) is 1.70. The van der Waals surface area contributed by atoms with Crippen molar-refractivity contribution in [2.75, 3.05) is 5.32 Å². The van der Waals surface area contributed by atoms with Gasteiger partial charge in [0.25, 0.3) is 0 Å². The average Bonchev–Trinajstić information content (AvgIpc) is 3.15. The van der Waals surface area contributed by atoms with Crippen LogP contribution in [0.15, 0.2) is 34.2 Å². The number of halogens is 1. The molecule has 2 heterocycles. The summed E-state index contributed by atoms with van der Waals surface area (Å²) in [6.45, 7) is 1.88. The number of nitrogens with one attached hydrogen (secondary N) is 1. The van der Waals surface area contributed by atoms with Gasteiger partial charge in [-0.05, 0) is 31.2 Å². The van der Waals surface area contributed by atoms with Gasteiger partial charge in [-0.15, -0.1) is 11.3 Å². The minimum Gasteiger partial charge on any atom is -0.339 e. The van der Waals surface area contributed by atoms with Crippen LogP contribution in [0.3, 0.4) is 0 Å². The summed E-state index contributed by atoms with van der Waals surface area (Å²) >= 11 is 7.24. The van der Waals surface area contributed by atoms with Gasteiger partial charge in [-0.1, -0.05) is 16.8 Å². The molecule has 0 unspecified atom stereocenters. The first kappa shape index (κ1) is 15.6. The number of anilines is 1. The predicted octanol–water partition coefficient (Wildman–Crippen LogP) is 3.73. The fourth-order valence-electron chi connectivity index (χ4n) is 1.89. The van der Waals surface area contributed by atoms with E-state index in [1.807, 2.05) is 24.4 Å². The molecule has 0 saturated carbocycles. The molecule has 3 aromatic rings. The molecule has 0 aliphatic rings. The molecule has 3 rings (SSSR count). The number of carbonyl (C=O) groups excluding carboxylic acids is 1. The van der Waals surface area contributed by atoms with Crippen LogP contribution < -0.4 is 5.32 Å². The highest BCUT2D eigenvalue weighted by molar-refractivity contribution is 7.13. The summed E-state index contributed by atoms with van der Waals surface area (Å²) in [5, 5.41) is 9.77. The molecule has 0 aliphatic carbocycles. The summed E-state index contributed by atoms with van der Waals surface area (Å²) < 4.78 is 5.17. The Bertz CT molecular complexity index is 813. The van der Waals surface area contributed by atoms with Crippen LogP contribution in [0.1, 0.15) is 18.0 Å². The molecule has 0 radical (unpaired) electrons. The Labute approximate surface area is 141 Å². The van der Waals surface area contributed by atoms with Crippen molar-refractivity contribution in [2.24, 2.45) is 0 Å². The van der Waals surface area contributed by atoms with Gasteiger partial charge >= 0.3 is 0 Å². The third kappa shape index (κ3) is 4.14. The Morgan fingerprint density at radius 3 is 2.78 bits per heavy atom. The van der Waals surface area contributed by atoms with Crippen molar-refractivity contribution in [3.05, 3.63) is 46.3 Å². The Hall–Kier alpha value is -2.25. The van der Waals surface area contributed by atoms with Crippen molar-refractivity contribution >= 4 is 34.0 Å². The molecule has 0 bridgehead atoms. The van der Waals surface area contributed by atoms with E-state index in [0.717, 1.165) is 11.3 Å². The first-order valence-corrected chi connectivity index (χ1v) is 8.16. The van der Waals surface area contributed by atoms with Gasteiger partial charge in [0, 0.05) is 28.8 Å². The van der Waals surface area contributed by atoms with Gasteiger partial charge in [0.15, 0.2) is 5.13 Å². The van der Waals surface area contributed by atoms with Crippen LogP contribution in [0.25, 0.3) is 11.4 Å². The van der Waals surface area contributed by atoms with E-state index in [9.17, 15) is 4.79 Å². The molecule has 0 aliphatic heterocycles. The van der Waals surface area contributed by atoms with E-state index < -0.39 is 0 Å². The number of rotatable bonds is 5. The molecular formula is C15H13ClN4O2S. The number of aryl methyl sites for hydroxylation is 2. The Balaban J connectivity index is 1.56. The molecule has 0 atom stereocenters. The largest absolute Gasteiger partial charge is 0.339 e. The fourth-order valence-corrected chi connectivity index (χ4v) is 2.72. The van der Waals surface area contributed by atoms with Crippen molar-refractivity contribution in [2.45, 2.75) is 19.8 Å². The lowest BCUT2D eigenvalue weighted by molar-refractivity contribution is -0.116. The number of hydrogen-bond acceptors (Lipinski definition) is 6. The molecule has 1 aromatic carbocycles. The predicted molar refractivity (Wildman–Crippen MR) is 88.5 cm³/mol. The van der Waals surface area contributed by atoms with E-state index in [0.29, 0.717) is 28.3 Å². The SMILES string of the molecule is Cc1csc(NC(=O)CCc2nc(-c3ccc(Cl)cc3)no2)n1. The van der Waals surface area contributed by atoms with E-state index >= 15 is 0 Å². The highest BCUT2D eigenvalue weighted by atomic mass is 35.5.